The second kappa shape index (κ2) is 18.0. The first kappa shape index (κ1) is 42.1. The van der Waals surface area contributed by atoms with Crippen molar-refractivity contribution < 1.29 is 191 Å². The van der Waals surface area contributed by atoms with Gasteiger partial charge in [-0.15, -0.1) is 56.1 Å². The van der Waals surface area contributed by atoms with Crippen molar-refractivity contribution in [2.45, 2.75) is 0 Å². The quantitative estimate of drug-likeness (QED) is 0.126. The number of hydrogen-bond acceptors (Lipinski definition) is 30. The van der Waals surface area contributed by atoms with Crippen molar-refractivity contribution in [3.63, 3.8) is 0 Å². The summed E-state index contributed by atoms with van der Waals surface area (Å²) in [5.41, 5.74) is 0. The van der Waals surface area contributed by atoms with Gasteiger partial charge in [0, 0.05) is 0 Å². The minimum atomic E-state index is -3.94. The molecule has 0 unspecified atom stereocenters. The summed E-state index contributed by atoms with van der Waals surface area (Å²) in [7, 11) is -23.6. The molecule has 0 atom stereocenters. The van der Waals surface area contributed by atoms with Crippen LogP contribution in [-0.4, -0.2) is 0 Å². The predicted molar refractivity (Wildman–Crippen MR) is 65.2 cm³/mol. The van der Waals surface area contributed by atoms with Crippen molar-refractivity contribution in [2.75, 3.05) is 0 Å². The first-order chi connectivity index (χ1) is 16.2. The van der Waals surface area contributed by atoms with E-state index in [0.717, 1.165) is 0 Å². The molecule has 0 aliphatic carbocycles. The zero-order valence-electron chi connectivity index (χ0n) is 16.4. The van der Waals surface area contributed by atoms with E-state index < -0.39 is 46.9 Å². The topological polar surface area (TPSA) is 407 Å². The Morgan fingerprint density at radius 1 is 0.289 bits per heavy atom. The molecule has 0 aromatic heterocycles. The molecule has 0 aromatic rings. The molecule has 6 heterocycles. The van der Waals surface area contributed by atoms with Crippen LogP contribution in [0, 0.1) is 0 Å². The summed E-state index contributed by atoms with van der Waals surface area (Å²) in [6.45, 7) is 0. The van der Waals surface area contributed by atoms with Gasteiger partial charge < -0.3 is 29.4 Å². The molecular formula is NaO30P6V. The third-order valence-corrected chi connectivity index (χ3v) is 4.38. The summed E-state index contributed by atoms with van der Waals surface area (Å²) in [5.74, 6) is 0. The molecule has 0 spiro atoms. The van der Waals surface area contributed by atoms with Crippen LogP contribution in [0.5, 0.6) is 0 Å². The van der Waals surface area contributed by atoms with E-state index in [1.54, 1.807) is 0 Å². The van der Waals surface area contributed by atoms with Crippen molar-refractivity contribution in [3.8, 4) is 0 Å². The monoisotopic (exact) mass is 740 g/mol. The zero-order chi connectivity index (χ0) is 27.7. The summed E-state index contributed by atoms with van der Waals surface area (Å²) in [6.07, 6.45) is 0. The van der Waals surface area contributed by atoms with E-state index in [0.29, 0.717) is 0 Å². The van der Waals surface area contributed by atoms with Gasteiger partial charge in [0.15, 0.2) is 0 Å². The first-order valence-corrected chi connectivity index (χ1v) is 15.1. The van der Waals surface area contributed by atoms with Crippen LogP contribution in [0.15, 0.2) is 0 Å². The summed E-state index contributed by atoms with van der Waals surface area (Å²) < 4.78 is 98.0. The Kier molecular flexibility index (Phi) is 19.9. The summed E-state index contributed by atoms with van der Waals surface area (Å²) in [6, 6.07) is 0. The Balaban J connectivity index is 0. The molecule has 6 fully saturated rings. The van der Waals surface area contributed by atoms with Crippen LogP contribution in [0.2, 0.25) is 0 Å². The number of hydrogen-bond donors (Lipinski definition) is 0. The smallest absolute Gasteiger partial charge is 0.753 e. The van der Waals surface area contributed by atoms with Gasteiger partial charge >= 0.3 is 95.0 Å². The SMILES string of the molecule is O=P1([O-])OOO1.O=P1([O-])OOO1.O=P1([O-])OOO1.O=P1([O-])OOO1.O=P1([O-])OOO1.O=P1([O-])OOO1.[Na+].[V+5]. The Morgan fingerprint density at radius 3 is 0.342 bits per heavy atom. The molecule has 0 saturated carbocycles. The fourth-order valence-corrected chi connectivity index (χ4v) is 1.44. The van der Waals surface area contributed by atoms with Gasteiger partial charge in [0.2, 0.25) is 0 Å². The molecule has 0 amide bonds. The molecule has 0 bridgehead atoms. The van der Waals surface area contributed by atoms with E-state index in [2.05, 4.69) is 86.3 Å². The molecule has 216 valence electrons. The standard InChI is InChI=1S/Na.6HO5P.V/c;6*1-6(2)4-3-5-6;/h;6*(H,1,2);/q+1;;;;;;;+5/p-6. The Labute approximate surface area is 237 Å². The van der Waals surface area contributed by atoms with Crippen LogP contribution >= 0.6 is 46.9 Å². The fourth-order valence-electron chi connectivity index (χ4n) is 0.481. The van der Waals surface area contributed by atoms with Gasteiger partial charge in [-0.1, -0.05) is 30.2 Å². The molecular weight excluding hydrogens is 740 g/mol. The Morgan fingerprint density at radius 2 is 0.342 bits per heavy atom. The van der Waals surface area contributed by atoms with Gasteiger partial charge in [0.1, 0.15) is 0 Å². The summed E-state index contributed by atoms with van der Waals surface area (Å²) in [5, 5.41) is 20.2. The second-order valence-corrected chi connectivity index (χ2v) is 11.1. The maximum Gasteiger partial charge on any atom is 5.00 e. The third kappa shape index (κ3) is 20.8. The molecule has 0 N–H and O–H groups in total. The van der Waals surface area contributed by atoms with E-state index >= 15 is 0 Å². The van der Waals surface area contributed by atoms with Crippen LogP contribution in [0.3, 0.4) is 0 Å². The Hall–Kier alpha value is 2.00. The predicted octanol–water partition coefficient (Wildman–Crippen LogP) is -6.91. The van der Waals surface area contributed by atoms with Crippen molar-refractivity contribution in [1.82, 2.24) is 0 Å². The largest absolute Gasteiger partial charge is 5.00 e. The average Bonchev–Trinajstić information content (AvgIpc) is 2.64. The van der Waals surface area contributed by atoms with Gasteiger partial charge in [-0.2, -0.15) is 0 Å². The molecule has 0 aromatic carbocycles. The molecule has 0 radical (unpaired) electrons. The van der Waals surface area contributed by atoms with E-state index in [9.17, 15) is 56.8 Å². The van der Waals surface area contributed by atoms with Crippen molar-refractivity contribution in [3.05, 3.63) is 0 Å². The van der Waals surface area contributed by atoms with Crippen LogP contribution in [0.25, 0.3) is 0 Å². The molecule has 38 heteroatoms. The second-order valence-electron chi connectivity index (χ2n) is 3.99. The van der Waals surface area contributed by atoms with Crippen molar-refractivity contribution in [1.29, 1.82) is 0 Å². The molecule has 6 saturated heterocycles. The third-order valence-electron chi connectivity index (χ3n) is 1.46. The summed E-state index contributed by atoms with van der Waals surface area (Å²) in [4.78, 5) is 57.3. The van der Waals surface area contributed by atoms with Crippen LogP contribution in [0.4, 0.5) is 0 Å². The van der Waals surface area contributed by atoms with Gasteiger partial charge in [-0.3, -0.25) is 27.4 Å². The Bertz CT molecular complexity index is 732. The van der Waals surface area contributed by atoms with E-state index in [-0.39, 0.29) is 48.1 Å². The van der Waals surface area contributed by atoms with Crippen molar-refractivity contribution >= 4 is 46.9 Å². The number of rotatable bonds is 0. The van der Waals surface area contributed by atoms with E-state index in [1.807, 2.05) is 0 Å². The first-order valence-electron chi connectivity index (χ1n) is 6.38. The molecule has 6 rings (SSSR count). The molecule has 6 aliphatic heterocycles. The minimum absolute atomic E-state index is 0. The van der Waals surface area contributed by atoms with E-state index in [1.165, 1.54) is 0 Å². The summed E-state index contributed by atoms with van der Waals surface area (Å²) >= 11 is 0. The van der Waals surface area contributed by atoms with E-state index in [4.69, 9.17) is 0 Å². The van der Waals surface area contributed by atoms with Crippen molar-refractivity contribution in [2.24, 2.45) is 0 Å². The van der Waals surface area contributed by atoms with Crippen LogP contribution in [-0.2, 0) is 132 Å². The molecule has 6 aliphatic rings. The molecule has 38 heavy (non-hydrogen) atoms. The van der Waals surface area contributed by atoms with Crippen LogP contribution < -0.4 is 58.9 Å². The van der Waals surface area contributed by atoms with Gasteiger partial charge in [-0.05, 0) is 0 Å². The maximum atomic E-state index is 9.55. The fraction of sp³-hybridized carbons (Fsp3) is 0. The average molecular weight is 740 g/mol. The minimum Gasteiger partial charge on any atom is -0.753 e. The van der Waals surface area contributed by atoms with Gasteiger partial charge in [-0.25, -0.2) is 0 Å². The van der Waals surface area contributed by atoms with Gasteiger partial charge in [0.05, 0.1) is 0 Å². The van der Waals surface area contributed by atoms with Crippen LogP contribution in [0.1, 0.15) is 0 Å². The number of phosphoric acid groups is 6. The van der Waals surface area contributed by atoms with Gasteiger partial charge in [0.25, 0.3) is 0 Å². The molecule has 30 nitrogen and oxygen atoms in total. The normalized spacial score (nSPS) is 27.3. The zero-order valence-corrected chi connectivity index (χ0v) is 25.1. The maximum absolute atomic E-state index is 9.55.